The maximum Gasteiger partial charge on any atom is 0.333 e. The number of aromatic hydroxyl groups is 1. The number of hydrogen-bond acceptors (Lipinski definition) is 4. The summed E-state index contributed by atoms with van der Waals surface area (Å²) in [6.45, 7) is 1.76. The molecule has 0 bridgehead atoms. The van der Waals surface area contributed by atoms with Gasteiger partial charge in [-0.25, -0.2) is 9.78 Å². The summed E-state index contributed by atoms with van der Waals surface area (Å²) in [4.78, 5) is 28.6. The first-order valence-corrected chi connectivity index (χ1v) is 6.36. The second kappa shape index (κ2) is 4.34. The third kappa shape index (κ3) is 1.70. The van der Waals surface area contributed by atoms with Crippen LogP contribution in [0.4, 0.5) is 0 Å². The standard InChI is InChI=1S/C14H14N4O3/c1-8-11(18-7-5-4-6-9(18)15-8)10-12(19)16(2)14(21)17(3)13(10)20/h4-7,19H,1-3H3. The minimum absolute atomic E-state index is 0.0656. The summed E-state index contributed by atoms with van der Waals surface area (Å²) in [6.07, 6.45) is 1.76. The van der Waals surface area contributed by atoms with Crippen molar-refractivity contribution in [3.63, 3.8) is 0 Å². The molecule has 3 heterocycles. The second-order valence-electron chi connectivity index (χ2n) is 4.88. The van der Waals surface area contributed by atoms with Crippen molar-refractivity contribution in [3.8, 4) is 17.1 Å². The van der Waals surface area contributed by atoms with Crippen LogP contribution in [0.3, 0.4) is 0 Å². The second-order valence-corrected chi connectivity index (χ2v) is 4.88. The van der Waals surface area contributed by atoms with E-state index in [9.17, 15) is 14.7 Å². The highest BCUT2D eigenvalue weighted by molar-refractivity contribution is 5.70. The van der Waals surface area contributed by atoms with Crippen molar-refractivity contribution < 1.29 is 5.11 Å². The van der Waals surface area contributed by atoms with E-state index in [-0.39, 0.29) is 11.4 Å². The van der Waals surface area contributed by atoms with E-state index in [1.807, 2.05) is 6.07 Å². The molecule has 0 saturated heterocycles. The topological polar surface area (TPSA) is 81.5 Å². The molecule has 0 saturated carbocycles. The molecule has 0 atom stereocenters. The number of nitrogens with zero attached hydrogens (tertiary/aromatic N) is 4. The van der Waals surface area contributed by atoms with Crippen LogP contribution in [0.15, 0.2) is 34.0 Å². The molecule has 0 aliphatic carbocycles. The van der Waals surface area contributed by atoms with E-state index in [1.54, 1.807) is 29.7 Å². The zero-order chi connectivity index (χ0) is 15.3. The summed E-state index contributed by atoms with van der Waals surface area (Å²) in [5, 5.41) is 10.2. The van der Waals surface area contributed by atoms with Crippen LogP contribution in [0.5, 0.6) is 5.88 Å². The molecule has 0 amide bonds. The van der Waals surface area contributed by atoms with Gasteiger partial charge in [0.2, 0.25) is 5.88 Å². The lowest BCUT2D eigenvalue weighted by atomic mass is 10.2. The van der Waals surface area contributed by atoms with Crippen molar-refractivity contribution in [1.82, 2.24) is 18.5 Å². The number of rotatable bonds is 1. The number of imidazole rings is 1. The summed E-state index contributed by atoms with van der Waals surface area (Å²) >= 11 is 0. The molecule has 7 nitrogen and oxygen atoms in total. The van der Waals surface area contributed by atoms with Gasteiger partial charge in [0.05, 0.1) is 11.4 Å². The molecular formula is C14H14N4O3. The van der Waals surface area contributed by atoms with E-state index in [4.69, 9.17) is 0 Å². The Bertz CT molecular complexity index is 978. The lowest BCUT2D eigenvalue weighted by Gasteiger charge is -2.10. The van der Waals surface area contributed by atoms with E-state index in [0.717, 1.165) is 9.13 Å². The predicted octanol–water partition coefficient (Wildman–Crippen LogP) is 0.413. The number of aryl methyl sites for hydroxylation is 1. The van der Waals surface area contributed by atoms with Crippen LogP contribution in [0, 0.1) is 6.92 Å². The molecular weight excluding hydrogens is 272 g/mol. The van der Waals surface area contributed by atoms with Gasteiger partial charge in [-0.15, -0.1) is 0 Å². The molecule has 0 aromatic carbocycles. The first kappa shape index (κ1) is 13.2. The third-order valence-electron chi connectivity index (χ3n) is 3.57. The van der Waals surface area contributed by atoms with Gasteiger partial charge in [0.1, 0.15) is 11.2 Å². The number of pyridine rings is 1. The van der Waals surface area contributed by atoms with Crippen molar-refractivity contribution >= 4 is 5.65 Å². The van der Waals surface area contributed by atoms with Gasteiger partial charge in [0, 0.05) is 20.3 Å². The Morgan fingerprint density at radius 2 is 1.86 bits per heavy atom. The zero-order valence-corrected chi connectivity index (χ0v) is 11.9. The highest BCUT2D eigenvalue weighted by Crippen LogP contribution is 2.27. The maximum atomic E-state index is 12.4. The molecule has 3 aromatic rings. The average molecular weight is 286 g/mol. The quantitative estimate of drug-likeness (QED) is 0.702. The lowest BCUT2D eigenvalue weighted by molar-refractivity contribution is 0.414. The van der Waals surface area contributed by atoms with Crippen LogP contribution >= 0.6 is 0 Å². The number of hydrogen-bond donors (Lipinski definition) is 1. The van der Waals surface area contributed by atoms with E-state index in [2.05, 4.69) is 4.98 Å². The van der Waals surface area contributed by atoms with Crippen LogP contribution in [-0.4, -0.2) is 23.6 Å². The van der Waals surface area contributed by atoms with Gasteiger partial charge in [-0.2, -0.15) is 0 Å². The lowest BCUT2D eigenvalue weighted by Crippen LogP contribution is -2.37. The SMILES string of the molecule is Cc1nc2ccccn2c1-c1c(O)n(C)c(=O)n(C)c1=O. The Morgan fingerprint density at radius 3 is 2.57 bits per heavy atom. The van der Waals surface area contributed by atoms with Gasteiger partial charge in [-0.3, -0.25) is 18.3 Å². The summed E-state index contributed by atoms with van der Waals surface area (Å²) < 4.78 is 3.73. The van der Waals surface area contributed by atoms with Crippen molar-refractivity contribution in [3.05, 3.63) is 50.9 Å². The predicted molar refractivity (Wildman–Crippen MR) is 77.5 cm³/mol. The van der Waals surface area contributed by atoms with Crippen molar-refractivity contribution in [2.75, 3.05) is 0 Å². The molecule has 0 radical (unpaired) electrons. The summed E-state index contributed by atoms with van der Waals surface area (Å²) in [5.74, 6) is -0.364. The largest absolute Gasteiger partial charge is 0.494 e. The van der Waals surface area contributed by atoms with Gasteiger partial charge in [0.15, 0.2) is 0 Å². The number of aromatic nitrogens is 4. The van der Waals surface area contributed by atoms with Crippen LogP contribution in [-0.2, 0) is 14.1 Å². The first-order valence-electron chi connectivity index (χ1n) is 6.36. The molecule has 0 aliphatic rings. The Hall–Kier alpha value is -2.83. The Balaban J connectivity index is 2.53. The summed E-state index contributed by atoms with van der Waals surface area (Å²) in [6, 6.07) is 5.45. The van der Waals surface area contributed by atoms with E-state index >= 15 is 0 Å². The molecule has 0 unspecified atom stereocenters. The molecule has 0 spiro atoms. The molecule has 3 rings (SSSR count). The van der Waals surface area contributed by atoms with Crippen LogP contribution in [0.1, 0.15) is 5.69 Å². The fraction of sp³-hybridized carbons (Fsp3) is 0.214. The normalized spacial score (nSPS) is 11.2. The maximum absolute atomic E-state index is 12.4. The fourth-order valence-electron chi connectivity index (χ4n) is 2.46. The average Bonchev–Trinajstić information content (AvgIpc) is 2.80. The zero-order valence-electron chi connectivity index (χ0n) is 11.9. The molecule has 3 aromatic heterocycles. The van der Waals surface area contributed by atoms with Gasteiger partial charge < -0.3 is 5.11 Å². The van der Waals surface area contributed by atoms with Gasteiger partial charge in [-0.05, 0) is 19.1 Å². The van der Waals surface area contributed by atoms with Gasteiger partial charge in [0.25, 0.3) is 5.56 Å². The minimum Gasteiger partial charge on any atom is -0.494 e. The van der Waals surface area contributed by atoms with Crippen LogP contribution in [0.2, 0.25) is 0 Å². The monoisotopic (exact) mass is 286 g/mol. The van der Waals surface area contributed by atoms with E-state index in [0.29, 0.717) is 17.0 Å². The Labute approximate surface area is 119 Å². The van der Waals surface area contributed by atoms with Gasteiger partial charge >= 0.3 is 5.69 Å². The fourth-order valence-corrected chi connectivity index (χ4v) is 2.46. The highest BCUT2D eigenvalue weighted by atomic mass is 16.3. The van der Waals surface area contributed by atoms with E-state index < -0.39 is 11.2 Å². The first-order chi connectivity index (χ1) is 9.93. The van der Waals surface area contributed by atoms with Crippen molar-refractivity contribution in [2.45, 2.75) is 6.92 Å². The Kier molecular flexibility index (Phi) is 2.72. The minimum atomic E-state index is -0.576. The molecule has 108 valence electrons. The van der Waals surface area contributed by atoms with E-state index in [1.165, 1.54) is 14.1 Å². The van der Waals surface area contributed by atoms with Crippen LogP contribution < -0.4 is 11.2 Å². The third-order valence-corrected chi connectivity index (χ3v) is 3.57. The summed E-state index contributed by atoms with van der Waals surface area (Å²) in [5.41, 5.74) is 0.694. The highest BCUT2D eigenvalue weighted by Gasteiger charge is 2.22. The molecule has 21 heavy (non-hydrogen) atoms. The smallest absolute Gasteiger partial charge is 0.333 e. The Morgan fingerprint density at radius 1 is 1.14 bits per heavy atom. The number of fused-ring (bicyclic) bond motifs is 1. The molecule has 7 heteroatoms. The summed E-state index contributed by atoms with van der Waals surface area (Å²) in [7, 11) is 2.80. The molecule has 0 fully saturated rings. The van der Waals surface area contributed by atoms with Crippen molar-refractivity contribution in [2.24, 2.45) is 14.1 Å². The van der Waals surface area contributed by atoms with Gasteiger partial charge in [-0.1, -0.05) is 6.07 Å². The molecule has 0 aliphatic heterocycles. The van der Waals surface area contributed by atoms with Crippen LogP contribution in [0.25, 0.3) is 16.9 Å². The molecule has 1 N–H and O–H groups in total. The van der Waals surface area contributed by atoms with Crippen molar-refractivity contribution in [1.29, 1.82) is 0 Å².